The molecule has 0 aliphatic carbocycles. The first-order valence-corrected chi connectivity index (χ1v) is 2.29. The van der Waals surface area contributed by atoms with E-state index < -0.39 is 0 Å². The highest BCUT2D eigenvalue weighted by Crippen LogP contribution is 1.85. The molecule has 0 atom stereocenters. The van der Waals surface area contributed by atoms with Gasteiger partial charge < -0.3 is 9.59 Å². The monoisotopic (exact) mass is 104 g/mol. The average Bonchev–Trinajstić information content (AvgIpc) is 1.69. The first-order chi connectivity index (χ1) is 3.41. The SMILES string of the molecule is O=CCCCC=O.[3HH]. The highest BCUT2D eigenvalue weighted by molar-refractivity contribution is 5.52. The van der Waals surface area contributed by atoms with Crippen molar-refractivity contribution in [2.24, 2.45) is 0 Å². The molecule has 0 unspecified atom stereocenters. The van der Waals surface area contributed by atoms with Crippen LogP contribution in [0.4, 0.5) is 0 Å². The molecule has 0 aliphatic heterocycles. The summed E-state index contributed by atoms with van der Waals surface area (Å²) < 4.78 is 0. The van der Waals surface area contributed by atoms with Gasteiger partial charge in [-0.3, -0.25) is 0 Å². The second-order valence-electron chi connectivity index (χ2n) is 1.26. The fourth-order valence-electron chi connectivity index (χ4n) is 0.285. The number of rotatable bonds is 4. The van der Waals surface area contributed by atoms with Gasteiger partial charge in [0.2, 0.25) is 0 Å². The molecule has 0 amide bonds. The summed E-state index contributed by atoms with van der Waals surface area (Å²) in [5, 5.41) is 0. The van der Waals surface area contributed by atoms with Gasteiger partial charge in [-0.15, -0.1) is 0 Å². The summed E-state index contributed by atoms with van der Waals surface area (Å²) in [6.45, 7) is 0. The smallest absolute Gasteiger partial charge is 0.120 e. The molecule has 0 saturated carbocycles. The van der Waals surface area contributed by atoms with Crippen molar-refractivity contribution in [3.05, 3.63) is 0 Å². The van der Waals surface area contributed by atoms with Gasteiger partial charge in [0.05, 0.1) is 0 Å². The molecule has 0 saturated heterocycles. The number of carbonyl (C=O) groups is 2. The Hall–Kier alpha value is -0.660. The third kappa shape index (κ3) is 5.34. The molecule has 0 bridgehead atoms. The minimum absolute atomic E-state index is 0. The zero-order chi connectivity index (χ0) is 5.54. The van der Waals surface area contributed by atoms with Crippen LogP contribution < -0.4 is 0 Å². The van der Waals surface area contributed by atoms with Crippen LogP contribution in [-0.2, 0) is 9.59 Å². The summed E-state index contributed by atoms with van der Waals surface area (Å²) >= 11 is 0. The van der Waals surface area contributed by atoms with Gasteiger partial charge in [-0.05, 0) is 6.42 Å². The van der Waals surface area contributed by atoms with E-state index in [1.54, 1.807) is 0 Å². The minimum atomic E-state index is 0. The molecule has 0 aromatic carbocycles. The Morgan fingerprint density at radius 2 is 1.57 bits per heavy atom. The zero-order valence-electron chi connectivity index (χ0n) is 4.09. The molecule has 0 fully saturated rings. The number of unbranched alkanes of at least 4 members (excludes halogenated alkanes) is 2. The van der Waals surface area contributed by atoms with Crippen molar-refractivity contribution in [3.63, 3.8) is 0 Å². The Bertz CT molecular complexity index is 55.4. The van der Waals surface area contributed by atoms with Crippen molar-refractivity contribution >= 4 is 12.6 Å². The van der Waals surface area contributed by atoms with Crippen molar-refractivity contribution in [1.29, 1.82) is 0 Å². The van der Waals surface area contributed by atoms with Crippen LogP contribution in [0.25, 0.3) is 0 Å². The first kappa shape index (κ1) is 6.34. The van der Waals surface area contributed by atoms with Crippen molar-refractivity contribution in [1.82, 2.24) is 0 Å². The van der Waals surface area contributed by atoms with E-state index in [9.17, 15) is 9.59 Å². The molecule has 2 heteroatoms. The second-order valence-corrected chi connectivity index (χ2v) is 1.26. The van der Waals surface area contributed by atoms with Gasteiger partial charge in [0, 0.05) is 14.3 Å². The maximum Gasteiger partial charge on any atom is 0.120 e. The molecular weight excluding hydrogens is 92.1 g/mol. The van der Waals surface area contributed by atoms with E-state index >= 15 is 0 Å². The summed E-state index contributed by atoms with van der Waals surface area (Å²) in [6, 6.07) is 0. The number of hydrogen-bond acceptors (Lipinski definition) is 2. The molecule has 2 nitrogen and oxygen atoms in total. The molecule has 0 aromatic rings. The van der Waals surface area contributed by atoms with Gasteiger partial charge in [0.15, 0.2) is 0 Å². The van der Waals surface area contributed by atoms with Crippen LogP contribution >= 0.6 is 0 Å². The number of hydrogen-bond donors (Lipinski definition) is 0. The first-order valence-electron chi connectivity index (χ1n) is 2.29. The number of carbonyl (C=O) groups excluding carboxylic acids is 2. The molecule has 0 aliphatic rings. The highest BCUT2D eigenvalue weighted by atomic mass is 16.1. The molecule has 0 radical (unpaired) electrons. The summed E-state index contributed by atoms with van der Waals surface area (Å²) in [6.07, 6.45) is 3.37. The molecule has 0 aromatic heterocycles. The van der Waals surface area contributed by atoms with Crippen LogP contribution in [0.2, 0.25) is 0 Å². The van der Waals surface area contributed by atoms with E-state index in [1.165, 1.54) is 0 Å². The highest BCUT2D eigenvalue weighted by Gasteiger charge is 1.80. The Balaban J connectivity index is 0. The molecule has 7 heavy (non-hydrogen) atoms. The second kappa shape index (κ2) is 5.34. The maximum atomic E-state index is 9.56. The van der Waals surface area contributed by atoms with Crippen LogP contribution in [0.3, 0.4) is 0 Å². The summed E-state index contributed by atoms with van der Waals surface area (Å²) in [7, 11) is 0. The predicted octanol–water partition coefficient (Wildman–Crippen LogP) is 0.800. The van der Waals surface area contributed by atoms with Crippen molar-refractivity contribution in [2.75, 3.05) is 0 Å². The number of aldehydes is 2. The van der Waals surface area contributed by atoms with Gasteiger partial charge in [-0.1, -0.05) is 0 Å². The van der Waals surface area contributed by atoms with Gasteiger partial charge in [0.1, 0.15) is 12.6 Å². The van der Waals surface area contributed by atoms with Crippen molar-refractivity contribution in [3.8, 4) is 0 Å². The zero-order valence-corrected chi connectivity index (χ0v) is 4.09. The van der Waals surface area contributed by atoms with E-state index in [0.717, 1.165) is 12.6 Å². The molecular formula is C5H10O2. The summed E-state index contributed by atoms with van der Waals surface area (Å²) in [5.74, 6) is 0. The predicted molar refractivity (Wildman–Crippen MR) is 28.1 cm³/mol. The van der Waals surface area contributed by atoms with E-state index in [1.807, 2.05) is 0 Å². The average molecular weight is 104 g/mol. The molecule has 0 spiro atoms. The lowest BCUT2D eigenvalue weighted by molar-refractivity contribution is -0.108. The minimum Gasteiger partial charge on any atom is -0.303 e. The van der Waals surface area contributed by atoms with E-state index in [-0.39, 0.29) is 1.43 Å². The topological polar surface area (TPSA) is 34.1 Å². The van der Waals surface area contributed by atoms with Crippen molar-refractivity contribution < 1.29 is 11.0 Å². The molecule has 0 heterocycles. The van der Waals surface area contributed by atoms with E-state index in [4.69, 9.17) is 0 Å². The van der Waals surface area contributed by atoms with Crippen LogP contribution in [0, 0.1) is 0 Å². The Labute approximate surface area is 44.0 Å². The normalized spacial score (nSPS) is 8.00. The van der Waals surface area contributed by atoms with Crippen molar-refractivity contribution in [2.45, 2.75) is 19.3 Å². The Morgan fingerprint density at radius 1 is 1.14 bits per heavy atom. The summed E-state index contributed by atoms with van der Waals surface area (Å²) in [5.41, 5.74) is 0. The standard InChI is InChI=1S/C5H8O2.H2/c6-4-2-1-3-5-7;/h4-5H,1-3H2;1H/i;1+2. The molecule has 0 N–H and O–H groups in total. The quantitative estimate of drug-likeness (QED) is 0.390. The van der Waals surface area contributed by atoms with Crippen LogP contribution in [-0.4, -0.2) is 12.6 Å². The summed E-state index contributed by atoms with van der Waals surface area (Å²) in [4.78, 5) is 19.1. The van der Waals surface area contributed by atoms with Gasteiger partial charge in [-0.2, -0.15) is 0 Å². The van der Waals surface area contributed by atoms with Gasteiger partial charge >= 0.3 is 0 Å². The third-order valence-corrected chi connectivity index (χ3v) is 0.644. The van der Waals surface area contributed by atoms with Crippen LogP contribution in [0.15, 0.2) is 0 Å². The molecule has 0 rings (SSSR count). The Morgan fingerprint density at radius 3 is 1.86 bits per heavy atom. The fraction of sp³-hybridized carbons (Fsp3) is 0.600. The lowest BCUT2D eigenvalue weighted by Crippen LogP contribution is -1.76. The molecule has 42 valence electrons. The Kier molecular flexibility index (Phi) is 4.84. The van der Waals surface area contributed by atoms with Crippen LogP contribution in [0.5, 0.6) is 0 Å². The third-order valence-electron chi connectivity index (χ3n) is 0.644. The lowest BCUT2D eigenvalue weighted by Gasteiger charge is -1.78. The van der Waals surface area contributed by atoms with Gasteiger partial charge in [0.25, 0.3) is 0 Å². The van der Waals surface area contributed by atoms with E-state index in [0.29, 0.717) is 19.3 Å². The lowest BCUT2D eigenvalue weighted by atomic mass is 10.3. The van der Waals surface area contributed by atoms with E-state index in [2.05, 4.69) is 0 Å². The largest absolute Gasteiger partial charge is 0.303 e. The van der Waals surface area contributed by atoms with Crippen LogP contribution in [0.1, 0.15) is 20.7 Å². The maximum absolute atomic E-state index is 9.56. The fourth-order valence-corrected chi connectivity index (χ4v) is 0.285. The van der Waals surface area contributed by atoms with Gasteiger partial charge in [-0.25, -0.2) is 0 Å².